The van der Waals surface area contributed by atoms with Crippen molar-refractivity contribution in [3.63, 3.8) is 0 Å². The first-order valence-corrected chi connectivity index (χ1v) is 10.4. The third kappa shape index (κ3) is 5.24. The fraction of sp³-hybridized carbons (Fsp3) is 0.120. The number of carbonyl (C=O) groups excluding carboxylic acids is 2. The smallest absolute Gasteiger partial charge is 0.397 e. The van der Waals surface area contributed by atoms with Gasteiger partial charge in [-0.2, -0.15) is 0 Å². The number of allylic oxidation sites excluding steroid dienone is 1. The molecule has 0 spiro atoms. The zero-order valence-electron chi connectivity index (χ0n) is 16.8. The van der Waals surface area contributed by atoms with Crippen LogP contribution < -0.4 is 5.32 Å². The minimum atomic E-state index is -0.892. The molecular weight excluding hydrogens is 442 g/mol. The van der Waals surface area contributed by atoms with E-state index in [2.05, 4.69) is 52.4 Å². The molecule has 5 heteroatoms. The van der Waals surface area contributed by atoms with Crippen molar-refractivity contribution < 1.29 is 14.3 Å². The van der Waals surface area contributed by atoms with E-state index in [0.29, 0.717) is 5.69 Å². The number of benzene rings is 3. The second kappa shape index (κ2) is 10.0. The Morgan fingerprint density at radius 1 is 0.867 bits per heavy atom. The van der Waals surface area contributed by atoms with Crippen LogP contribution in [0.4, 0.5) is 5.69 Å². The minimum absolute atomic E-state index is 0.158. The quantitative estimate of drug-likeness (QED) is 0.289. The lowest BCUT2D eigenvalue weighted by Gasteiger charge is -2.15. The number of rotatable bonds is 5. The van der Waals surface area contributed by atoms with Gasteiger partial charge in [0, 0.05) is 10.2 Å². The van der Waals surface area contributed by atoms with Crippen LogP contribution in [-0.4, -0.2) is 18.5 Å². The molecule has 1 N–H and O–H groups in total. The Bertz CT molecular complexity index is 1070. The maximum Gasteiger partial charge on any atom is 0.397 e. The molecule has 0 bridgehead atoms. The first-order valence-electron chi connectivity index (χ1n) is 9.60. The van der Waals surface area contributed by atoms with Gasteiger partial charge in [0.2, 0.25) is 0 Å². The predicted molar refractivity (Wildman–Crippen MR) is 124 cm³/mol. The van der Waals surface area contributed by atoms with E-state index in [1.54, 1.807) is 19.1 Å². The Morgan fingerprint density at radius 3 is 2.13 bits per heavy atom. The minimum Gasteiger partial charge on any atom is -0.459 e. The number of ether oxygens (including phenoxy) is 1. The first-order chi connectivity index (χ1) is 14.5. The van der Waals surface area contributed by atoms with Crippen molar-refractivity contribution in [3.8, 4) is 0 Å². The number of anilines is 1. The Morgan fingerprint density at radius 2 is 1.50 bits per heavy atom. The number of amides is 1. The number of halogens is 1. The van der Waals surface area contributed by atoms with Gasteiger partial charge in [-0.05, 0) is 65.9 Å². The molecule has 4 nitrogen and oxygen atoms in total. The van der Waals surface area contributed by atoms with Crippen LogP contribution in [0.3, 0.4) is 0 Å². The van der Waals surface area contributed by atoms with Gasteiger partial charge < -0.3 is 10.1 Å². The second-order valence-corrected chi connectivity index (χ2v) is 7.54. The molecule has 3 aromatic rings. The summed E-state index contributed by atoms with van der Waals surface area (Å²) < 4.78 is 5.74. The summed E-state index contributed by atoms with van der Waals surface area (Å²) in [5, 5.41) is 2.57. The van der Waals surface area contributed by atoms with Crippen LogP contribution >= 0.6 is 15.9 Å². The van der Waals surface area contributed by atoms with E-state index in [0.717, 1.165) is 32.3 Å². The lowest BCUT2D eigenvalue weighted by atomic mass is 9.90. The van der Waals surface area contributed by atoms with Crippen LogP contribution in [0.1, 0.15) is 30.5 Å². The number of carbonyl (C=O) groups is 2. The summed E-state index contributed by atoms with van der Waals surface area (Å²) in [4.78, 5) is 23.4. The van der Waals surface area contributed by atoms with Gasteiger partial charge in [-0.25, -0.2) is 4.79 Å². The molecule has 30 heavy (non-hydrogen) atoms. The molecule has 0 aliphatic carbocycles. The predicted octanol–water partition coefficient (Wildman–Crippen LogP) is 5.93. The Hall–Kier alpha value is -3.18. The highest BCUT2D eigenvalue weighted by molar-refractivity contribution is 9.10. The molecule has 0 heterocycles. The molecule has 0 aliphatic heterocycles. The van der Waals surface area contributed by atoms with Gasteiger partial charge in [-0.15, -0.1) is 0 Å². The first kappa shape index (κ1) is 21.5. The Balaban J connectivity index is 1.98. The summed E-state index contributed by atoms with van der Waals surface area (Å²) in [7, 11) is 0. The molecule has 0 saturated heterocycles. The molecule has 152 valence electrons. The maximum atomic E-state index is 11.9. The maximum absolute atomic E-state index is 11.9. The van der Waals surface area contributed by atoms with Crippen LogP contribution in [0, 0.1) is 0 Å². The van der Waals surface area contributed by atoms with Gasteiger partial charge in [0.1, 0.15) is 0 Å². The molecule has 0 unspecified atom stereocenters. The Labute approximate surface area is 184 Å². The summed E-state index contributed by atoms with van der Waals surface area (Å²) >= 11 is 3.55. The SMILES string of the molecule is CCOC(=O)C(=O)Nc1ccc(/C(=C(/C)c2cccc(Br)c2)c2ccccc2)cc1. The topological polar surface area (TPSA) is 55.4 Å². The fourth-order valence-corrected chi connectivity index (χ4v) is 3.57. The van der Waals surface area contributed by atoms with E-state index in [1.807, 2.05) is 42.5 Å². The van der Waals surface area contributed by atoms with E-state index < -0.39 is 11.9 Å². The van der Waals surface area contributed by atoms with Crippen molar-refractivity contribution in [2.45, 2.75) is 13.8 Å². The molecule has 0 aromatic heterocycles. The van der Waals surface area contributed by atoms with Crippen molar-refractivity contribution >= 4 is 44.6 Å². The van der Waals surface area contributed by atoms with Crippen LogP contribution in [0.15, 0.2) is 83.3 Å². The van der Waals surface area contributed by atoms with E-state index in [-0.39, 0.29) is 6.61 Å². The van der Waals surface area contributed by atoms with Crippen molar-refractivity contribution in [1.82, 2.24) is 0 Å². The number of hydrogen-bond acceptors (Lipinski definition) is 3. The molecule has 0 fully saturated rings. The number of nitrogens with one attached hydrogen (secondary N) is 1. The molecule has 3 aromatic carbocycles. The lowest BCUT2D eigenvalue weighted by molar-refractivity contribution is -0.152. The Kier molecular flexibility index (Phi) is 7.20. The molecule has 0 saturated carbocycles. The van der Waals surface area contributed by atoms with Crippen molar-refractivity contribution in [2.75, 3.05) is 11.9 Å². The number of hydrogen-bond donors (Lipinski definition) is 1. The van der Waals surface area contributed by atoms with E-state index in [4.69, 9.17) is 4.74 Å². The number of esters is 1. The van der Waals surface area contributed by atoms with Gasteiger partial charge in [0.25, 0.3) is 0 Å². The summed E-state index contributed by atoms with van der Waals surface area (Å²) in [6.45, 7) is 3.91. The average Bonchev–Trinajstić information content (AvgIpc) is 2.76. The summed E-state index contributed by atoms with van der Waals surface area (Å²) in [5.41, 5.74) is 5.97. The standard InChI is InChI=1S/C25H22BrNO3/c1-3-30-25(29)24(28)27-22-14-12-19(13-15-22)23(18-8-5-4-6-9-18)17(2)20-10-7-11-21(26)16-20/h4-16H,3H2,1-2H3,(H,27,28)/b23-17-. The molecule has 1 amide bonds. The fourth-order valence-electron chi connectivity index (χ4n) is 3.17. The monoisotopic (exact) mass is 463 g/mol. The van der Waals surface area contributed by atoms with E-state index in [1.165, 1.54) is 0 Å². The third-order valence-electron chi connectivity index (χ3n) is 4.59. The second-order valence-electron chi connectivity index (χ2n) is 6.63. The van der Waals surface area contributed by atoms with E-state index in [9.17, 15) is 9.59 Å². The normalized spacial score (nSPS) is 11.4. The van der Waals surface area contributed by atoms with Crippen LogP contribution in [0.2, 0.25) is 0 Å². The van der Waals surface area contributed by atoms with Gasteiger partial charge in [-0.3, -0.25) is 4.79 Å². The summed E-state index contributed by atoms with van der Waals surface area (Å²) in [6, 6.07) is 25.8. The summed E-state index contributed by atoms with van der Waals surface area (Å²) in [6.07, 6.45) is 0. The van der Waals surface area contributed by atoms with E-state index >= 15 is 0 Å². The molecule has 0 atom stereocenters. The average molecular weight is 464 g/mol. The van der Waals surface area contributed by atoms with Crippen LogP contribution in [0.5, 0.6) is 0 Å². The molecule has 0 radical (unpaired) electrons. The van der Waals surface area contributed by atoms with Crippen LogP contribution in [0.25, 0.3) is 11.1 Å². The largest absolute Gasteiger partial charge is 0.459 e. The van der Waals surface area contributed by atoms with Crippen molar-refractivity contribution in [2.24, 2.45) is 0 Å². The van der Waals surface area contributed by atoms with Gasteiger partial charge >= 0.3 is 11.9 Å². The van der Waals surface area contributed by atoms with Gasteiger partial charge in [-0.1, -0.05) is 70.5 Å². The lowest BCUT2D eigenvalue weighted by Crippen LogP contribution is -2.24. The zero-order chi connectivity index (χ0) is 21.5. The summed E-state index contributed by atoms with van der Waals surface area (Å²) in [5.74, 6) is -1.68. The highest BCUT2D eigenvalue weighted by atomic mass is 79.9. The molecule has 3 rings (SSSR count). The third-order valence-corrected chi connectivity index (χ3v) is 5.08. The van der Waals surface area contributed by atoms with Crippen molar-refractivity contribution in [1.29, 1.82) is 0 Å². The van der Waals surface area contributed by atoms with Crippen LogP contribution in [-0.2, 0) is 14.3 Å². The van der Waals surface area contributed by atoms with Gasteiger partial charge in [0.05, 0.1) is 6.61 Å². The molecule has 0 aliphatic rings. The highest BCUT2D eigenvalue weighted by Crippen LogP contribution is 2.33. The van der Waals surface area contributed by atoms with Gasteiger partial charge in [0.15, 0.2) is 0 Å². The zero-order valence-corrected chi connectivity index (χ0v) is 18.4. The van der Waals surface area contributed by atoms with Crippen molar-refractivity contribution in [3.05, 3.63) is 100 Å². The molecular formula is C25H22BrNO3. The highest BCUT2D eigenvalue weighted by Gasteiger charge is 2.15.